The average Bonchev–Trinajstić information content (AvgIpc) is 2.37. The fourth-order valence-corrected chi connectivity index (χ4v) is 0.915. The number of nitrogens with zero attached hydrogens (tertiary/aromatic N) is 1. The summed E-state index contributed by atoms with van der Waals surface area (Å²) in [5.74, 6) is -0.770. The molecule has 6 nitrogen and oxygen atoms in total. The van der Waals surface area contributed by atoms with Gasteiger partial charge in [-0.1, -0.05) is 6.07 Å². The lowest BCUT2D eigenvalue weighted by Crippen LogP contribution is -2.25. The molecule has 0 amide bonds. The highest BCUT2D eigenvalue weighted by Crippen LogP contribution is 1.99. The highest BCUT2D eigenvalue weighted by atomic mass is 16.6. The van der Waals surface area contributed by atoms with Crippen molar-refractivity contribution in [1.82, 2.24) is 10.3 Å². The van der Waals surface area contributed by atoms with E-state index >= 15 is 0 Å². The lowest BCUT2D eigenvalue weighted by molar-refractivity contribution is -0.136. The molecule has 0 bridgehead atoms. The number of carbonyl (C=O) groups is 1. The van der Waals surface area contributed by atoms with Crippen molar-refractivity contribution in [2.24, 2.45) is 0 Å². The van der Waals surface area contributed by atoms with E-state index in [4.69, 9.17) is 10.2 Å². The third-order valence-electron chi connectivity index (χ3n) is 1.82. The number of ether oxygens (including phenoxy) is 1. The molecule has 3 N–H and O–H groups in total. The molecular weight excluding hydrogens is 224 g/mol. The van der Waals surface area contributed by atoms with Crippen molar-refractivity contribution in [1.29, 1.82) is 0 Å². The molecule has 1 atom stereocenters. The summed E-state index contributed by atoms with van der Waals surface area (Å²) < 4.78 is 4.34. The Bertz CT molecular complexity index is 302. The molecule has 6 heteroatoms. The molecule has 96 valence electrons. The summed E-state index contributed by atoms with van der Waals surface area (Å²) in [5, 5.41) is 19.1. The molecule has 1 unspecified atom stereocenters. The predicted octanol–water partition coefficient (Wildman–Crippen LogP) is 0.227. The molecule has 17 heavy (non-hydrogen) atoms. The Kier molecular flexibility index (Phi) is 8.85. The lowest BCUT2D eigenvalue weighted by atomic mass is 10.2. The fourth-order valence-electron chi connectivity index (χ4n) is 0.915. The van der Waals surface area contributed by atoms with Crippen LogP contribution in [0.5, 0.6) is 0 Å². The van der Waals surface area contributed by atoms with Gasteiger partial charge in [0, 0.05) is 25.9 Å². The summed E-state index contributed by atoms with van der Waals surface area (Å²) in [7, 11) is 3.02. The van der Waals surface area contributed by atoms with Gasteiger partial charge >= 0.3 is 5.97 Å². The number of rotatable bonds is 5. The van der Waals surface area contributed by atoms with Crippen molar-refractivity contribution in [2.75, 3.05) is 14.2 Å². The van der Waals surface area contributed by atoms with Crippen LogP contribution in [-0.4, -0.2) is 41.7 Å². The first kappa shape index (κ1) is 15.5. The van der Waals surface area contributed by atoms with E-state index in [0.717, 1.165) is 5.56 Å². The Morgan fingerprint density at radius 1 is 1.65 bits per heavy atom. The minimum Gasteiger partial charge on any atom is -0.481 e. The minimum atomic E-state index is -0.815. The number of aryl methyl sites for hydroxylation is 1. The first-order valence-electron chi connectivity index (χ1n) is 5.09. The maximum Gasteiger partial charge on any atom is 0.303 e. The SMILES string of the molecule is CNC(O)OC.O=C(O)CCc1cccnc1. The second kappa shape index (κ2) is 9.71. The zero-order chi connectivity index (χ0) is 13.1. The second-order valence-electron chi connectivity index (χ2n) is 3.13. The van der Waals surface area contributed by atoms with E-state index in [-0.39, 0.29) is 6.42 Å². The number of carboxylic acid groups (broad SMARTS) is 1. The van der Waals surface area contributed by atoms with Crippen LogP contribution >= 0.6 is 0 Å². The van der Waals surface area contributed by atoms with Crippen LogP contribution in [-0.2, 0) is 16.0 Å². The number of hydrogen-bond donors (Lipinski definition) is 3. The Morgan fingerprint density at radius 2 is 2.35 bits per heavy atom. The van der Waals surface area contributed by atoms with E-state index in [2.05, 4.69) is 15.0 Å². The maximum absolute atomic E-state index is 10.2. The van der Waals surface area contributed by atoms with Crippen molar-refractivity contribution < 1.29 is 19.7 Å². The van der Waals surface area contributed by atoms with E-state index in [0.29, 0.717) is 6.42 Å². The number of hydrogen-bond acceptors (Lipinski definition) is 5. The molecule has 1 rings (SSSR count). The first-order chi connectivity index (χ1) is 8.10. The molecule has 1 heterocycles. The third-order valence-corrected chi connectivity index (χ3v) is 1.82. The molecule has 0 spiro atoms. The largest absolute Gasteiger partial charge is 0.481 e. The van der Waals surface area contributed by atoms with Gasteiger partial charge < -0.3 is 14.9 Å². The van der Waals surface area contributed by atoms with Gasteiger partial charge in [-0.15, -0.1) is 0 Å². The quantitative estimate of drug-likeness (QED) is 0.640. The van der Waals surface area contributed by atoms with Gasteiger partial charge in [-0.3, -0.25) is 15.1 Å². The van der Waals surface area contributed by atoms with Crippen molar-refractivity contribution in [3.63, 3.8) is 0 Å². The van der Waals surface area contributed by atoms with Gasteiger partial charge in [0.05, 0.1) is 0 Å². The van der Waals surface area contributed by atoms with E-state index in [1.165, 1.54) is 7.11 Å². The molecule has 0 aliphatic heterocycles. The van der Waals surface area contributed by atoms with Crippen molar-refractivity contribution in [2.45, 2.75) is 19.3 Å². The smallest absolute Gasteiger partial charge is 0.303 e. The Hall–Kier alpha value is -1.50. The Labute approximate surface area is 100 Å². The minimum absolute atomic E-state index is 0.172. The molecule has 0 saturated carbocycles. The second-order valence-corrected chi connectivity index (χ2v) is 3.13. The highest BCUT2D eigenvalue weighted by molar-refractivity contribution is 5.67. The summed E-state index contributed by atoms with van der Waals surface area (Å²) in [6.07, 6.45) is 3.27. The number of carboxylic acids is 1. The fraction of sp³-hybridized carbons (Fsp3) is 0.455. The summed E-state index contributed by atoms with van der Waals surface area (Å²) >= 11 is 0. The first-order valence-corrected chi connectivity index (χ1v) is 5.09. The van der Waals surface area contributed by atoms with Gasteiger partial charge in [0.2, 0.25) is 6.41 Å². The normalized spacial score (nSPS) is 11.2. The molecule has 0 aliphatic carbocycles. The number of pyridine rings is 1. The van der Waals surface area contributed by atoms with Crippen LogP contribution in [0.25, 0.3) is 0 Å². The Balaban J connectivity index is 0.000000366. The van der Waals surface area contributed by atoms with Crippen molar-refractivity contribution >= 4 is 5.97 Å². The maximum atomic E-state index is 10.2. The van der Waals surface area contributed by atoms with Gasteiger partial charge in [-0.25, -0.2) is 0 Å². The lowest BCUT2D eigenvalue weighted by Gasteiger charge is -2.02. The van der Waals surface area contributed by atoms with E-state index in [9.17, 15) is 4.79 Å². The molecule has 0 saturated heterocycles. The molecule has 1 aromatic heterocycles. The number of nitrogens with one attached hydrogen (secondary N) is 1. The zero-order valence-corrected chi connectivity index (χ0v) is 9.96. The van der Waals surface area contributed by atoms with E-state index < -0.39 is 12.4 Å². The number of aliphatic hydroxyl groups excluding tert-OH is 1. The summed E-state index contributed by atoms with van der Waals surface area (Å²) in [4.78, 5) is 14.0. The van der Waals surface area contributed by atoms with Crippen molar-refractivity contribution in [3.05, 3.63) is 30.1 Å². The van der Waals surface area contributed by atoms with Gasteiger partial charge in [-0.2, -0.15) is 0 Å². The monoisotopic (exact) mass is 242 g/mol. The van der Waals surface area contributed by atoms with Crippen LogP contribution in [0.3, 0.4) is 0 Å². The highest BCUT2D eigenvalue weighted by Gasteiger charge is 1.97. The Morgan fingerprint density at radius 3 is 2.71 bits per heavy atom. The molecule has 0 radical (unpaired) electrons. The van der Waals surface area contributed by atoms with Gasteiger partial charge in [0.1, 0.15) is 0 Å². The topological polar surface area (TPSA) is 91.7 Å². The van der Waals surface area contributed by atoms with Crippen LogP contribution in [0.1, 0.15) is 12.0 Å². The van der Waals surface area contributed by atoms with Gasteiger partial charge in [0.25, 0.3) is 0 Å². The molecule has 0 aliphatic rings. The summed E-state index contributed by atoms with van der Waals surface area (Å²) in [6, 6.07) is 3.67. The van der Waals surface area contributed by atoms with E-state index in [1.807, 2.05) is 6.07 Å². The number of aliphatic hydroxyl groups is 1. The standard InChI is InChI=1S/C8H9NO2.C3H9NO2/c10-8(11)4-3-7-2-1-5-9-6-7;1-4-3(5)6-2/h1-2,5-6H,3-4H2,(H,10,11);3-5H,1-2H3. The van der Waals surface area contributed by atoms with Crippen LogP contribution in [0.2, 0.25) is 0 Å². The molecule has 0 fully saturated rings. The number of aromatic nitrogens is 1. The van der Waals surface area contributed by atoms with E-state index in [1.54, 1.807) is 25.5 Å². The zero-order valence-electron chi connectivity index (χ0n) is 9.96. The average molecular weight is 242 g/mol. The van der Waals surface area contributed by atoms with Crippen LogP contribution in [0.4, 0.5) is 0 Å². The van der Waals surface area contributed by atoms with Crippen LogP contribution in [0, 0.1) is 0 Å². The molecule has 0 aromatic carbocycles. The van der Waals surface area contributed by atoms with Crippen molar-refractivity contribution in [3.8, 4) is 0 Å². The number of aliphatic carboxylic acids is 1. The number of methoxy groups -OCH3 is 1. The van der Waals surface area contributed by atoms with Gasteiger partial charge in [-0.05, 0) is 25.1 Å². The summed E-state index contributed by atoms with van der Waals surface area (Å²) in [6.45, 7) is 0. The van der Waals surface area contributed by atoms with Crippen LogP contribution < -0.4 is 5.32 Å². The van der Waals surface area contributed by atoms with Gasteiger partial charge in [0.15, 0.2) is 0 Å². The van der Waals surface area contributed by atoms with Crippen LogP contribution in [0.15, 0.2) is 24.5 Å². The third kappa shape index (κ3) is 9.43. The summed E-state index contributed by atoms with van der Waals surface area (Å²) in [5.41, 5.74) is 0.968. The predicted molar refractivity (Wildman–Crippen MR) is 62.3 cm³/mol. The molecule has 1 aromatic rings. The molecular formula is C11H18N2O4.